The van der Waals surface area contributed by atoms with Crippen molar-refractivity contribution in [1.29, 1.82) is 0 Å². The largest absolute Gasteiger partial charge is 0.481 e. The Balaban J connectivity index is 2.94. The van der Waals surface area contributed by atoms with Crippen LogP contribution in [-0.2, 0) is 40.0 Å². The molecule has 45 heavy (non-hydrogen) atoms. The number of nitrogens with two attached hydrogens (primary N) is 2. The zero-order chi connectivity index (χ0) is 34.3. The van der Waals surface area contributed by atoms with Crippen molar-refractivity contribution in [3.63, 3.8) is 0 Å². The molecule has 0 bridgehead atoms. The molecule has 6 atom stereocenters. The summed E-state index contributed by atoms with van der Waals surface area (Å²) in [6.45, 7) is 6.32. The molecule has 0 unspecified atom stereocenters. The Labute approximate surface area is 261 Å². The van der Waals surface area contributed by atoms with Crippen LogP contribution < -0.4 is 38.1 Å². The summed E-state index contributed by atoms with van der Waals surface area (Å²) < 4.78 is 0. The van der Waals surface area contributed by atoms with Gasteiger partial charge in [-0.05, 0) is 44.7 Å². The molecule has 16 heteroatoms. The first-order valence-electron chi connectivity index (χ1n) is 14.5. The molecule has 0 aliphatic rings. The summed E-state index contributed by atoms with van der Waals surface area (Å²) in [6, 6.07) is 1.26. The smallest absolute Gasteiger partial charge is 0.326 e. The minimum Gasteiger partial charge on any atom is -0.481 e. The van der Waals surface area contributed by atoms with Gasteiger partial charge >= 0.3 is 11.9 Å². The van der Waals surface area contributed by atoms with Crippen LogP contribution in [0.2, 0.25) is 0 Å². The highest BCUT2D eigenvalue weighted by molar-refractivity contribution is 5.97. The number of carboxylic acids is 2. The topological polar surface area (TPSA) is 272 Å². The van der Waals surface area contributed by atoms with E-state index in [0.29, 0.717) is 5.56 Å². The van der Waals surface area contributed by atoms with Crippen LogP contribution in [0.3, 0.4) is 0 Å². The fourth-order valence-electron chi connectivity index (χ4n) is 4.08. The standard InChI is InChI=1S/C29H45N7O9/c1-15(2)12-22(29(44)45)36-28(43)20(13-18-8-6-5-7-9-18)34-25(40)17(4)32-24(39)16(3)33-27(42)21(14-23(37)38)35-26(41)19(31)10-11-30/h5-9,15-17,19-22H,10-14,30-31H2,1-4H3,(H,32,39)(H,33,42)(H,34,40)(H,35,41)(H,36,43)(H,37,38)(H,44,45)/t16-,17-,19-,20-,21-,22-/m0/s1. The highest BCUT2D eigenvalue weighted by atomic mass is 16.4. The second kappa shape index (κ2) is 19.0. The van der Waals surface area contributed by atoms with Gasteiger partial charge in [0.15, 0.2) is 0 Å². The van der Waals surface area contributed by atoms with Crippen LogP contribution in [-0.4, -0.2) is 94.5 Å². The molecule has 0 saturated carbocycles. The Morgan fingerprint density at radius 2 is 1.18 bits per heavy atom. The predicted octanol–water partition coefficient (Wildman–Crippen LogP) is -2.03. The van der Waals surface area contributed by atoms with Gasteiger partial charge in [-0.25, -0.2) is 4.79 Å². The lowest BCUT2D eigenvalue weighted by Gasteiger charge is -2.25. The number of carbonyl (C=O) groups excluding carboxylic acids is 5. The molecule has 1 aromatic carbocycles. The molecule has 0 spiro atoms. The maximum Gasteiger partial charge on any atom is 0.326 e. The average Bonchev–Trinajstić information content (AvgIpc) is 2.95. The zero-order valence-corrected chi connectivity index (χ0v) is 25.9. The maximum absolute atomic E-state index is 13.1. The summed E-state index contributed by atoms with van der Waals surface area (Å²) in [7, 11) is 0. The molecule has 1 rings (SSSR count). The van der Waals surface area contributed by atoms with Crippen LogP contribution in [0.4, 0.5) is 0 Å². The van der Waals surface area contributed by atoms with E-state index in [2.05, 4.69) is 26.6 Å². The third kappa shape index (κ3) is 14.2. The Morgan fingerprint density at radius 3 is 1.69 bits per heavy atom. The van der Waals surface area contributed by atoms with Gasteiger partial charge in [0.05, 0.1) is 12.5 Å². The third-order valence-electron chi connectivity index (χ3n) is 6.57. The van der Waals surface area contributed by atoms with E-state index in [9.17, 15) is 38.7 Å². The van der Waals surface area contributed by atoms with Crippen LogP contribution in [0.5, 0.6) is 0 Å². The molecule has 0 fully saturated rings. The van der Waals surface area contributed by atoms with Crippen molar-refractivity contribution in [2.24, 2.45) is 17.4 Å². The number of hydrogen-bond acceptors (Lipinski definition) is 9. The molecule has 0 saturated heterocycles. The summed E-state index contributed by atoms with van der Waals surface area (Å²) in [5.74, 6) is -6.72. The van der Waals surface area contributed by atoms with Crippen LogP contribution >= 0.6 is 0 Å². The minimum absolute atomic E-state index is 0.0318. The Morgan fingerprint density at radius 1 is 0.689 bits per heavy atom. The van der Waals surface area contributed by atoms with Crippen molar-refractivity contribution in [2.45, 2.75) is 89.6 Å². The van der Waals surface area contributed by atoms with Crippen molar-refractivity contribution in [3.05, 3.63) is 35.9 Å². The number of carbonyl (C=O) groups is 7. The Kier molecular flexibility index (Phi) is 16.2. The fraction of sp³-hybridized carbons (Fsp3) is 0.552. The quantitative estimate of drug-likeness (QED) is 0.0800. The maximum atomic E-state index is 13.1. The number of aliphatic carboxylic acids is 2. The molecule has 0 radical (unpaired) electrons. The molecule has 0 aliphatic heterocycles. The van der Waals surface area contributed by atoms with Gasteiger partial charge in [0.25, 0.3) is 0 Å². The highest BCUT2D eigenvalue weighted by Crippen LogP contribution is 2.08. The van der Waals surface area contributed by atoms with E-state index in [1.54, 1.807) is 44.2 Å². The lowest BCUT2D eigenvalue weighted by Crippen LogP contribution is -2.58. The molecule has 1 aromatic rings. The van der Waals surface area contributed by atoms with Gasteiger partial charge < -0.3 is 48.3 Å². The van der Waals surface area contributed by atoms with Gasteiger partial charge in [-0.3, -0.25) is 28.8 Å². The lowest BCUT2D eigenvalue weighted by atomic mass is 10.0. The van der Waals surface area contributed by atoms with E-state index in [1.807, 2.05) is 0 Å². The second-order valence-corrected chi connectivity index (χ2v) is 11.1. The normalized spacial score (nSPS) is 14.9. The first kappa shape index (κ1) is 38.5. The van der Waals surface area contributed by atoms with Crippen molar-refractivity contribution in [3.8, 4) is 0 Å². The van der Waals surface area contributed by atoms with Gasteiger partial charge in [0.2, 0.25) is 29.5 Å². The van der Waals surface area contributed by atoms with Crippen LogP contribution in [0.15, 0.2) is 30.3 Å². The van der Waals surface area contributed by atoms with Gasteiger partial charge in [-0.2, -0.15) is 0 Å². The molecule has 5 amide bonds. The molecule has 11 N–H and O–H groups in total. The number of hydrogen-bond donors (Lipinski definition) is 9. The molecule has 0 heterocycles. The van der Waals surface area contributed by atoms with E-state index in [4.69, 9.17) is 16.6 Å². The number of rotatable bonds is 19. The molecule has 250 valence electrons. The van der Waals surface area contributed by atoms with E-state index in [1.165, 1.54) is 13.8 Å². The summed E-state index contributed by atoms with van der Waals surface area (Å²) in [5.41, 5.74) is 11.7. The van der Waals surface area contributed by atoms with E-state index >= 15 is 0 Å². The van der Waals surface area contributed by atoms with Gasteiger partial charge in [-0.1, -0.05) is 44.2 Å². The van der Waals surface area contributed by atoms with Crippen molar-refractivity contribution in [1.82, 2.24) is 26.6 Å². The van der Waals surface area contributed by atoms with Crippen LogP contribution in [0, 0.1) is 5.92 Å². The summed E-state index contributed by atoms with van der Waals surface area (Å²) in [4.78, 5) is 86.9. The summed E-state index contributed by atoms with van der Waals surface area (Å²) >= 11 is 0. The molecule has 0 aromatic heterocycles. The van der Waals surface area contributed by atoms with Gasteiger partial charge in [-0.15, -0.1) is 0 Å². The first-order valence-corrected chi connectivity index (χ1v) is 14.5. The Bertz CT molecular complexity index is 1200. The minimum atomic E-state index is -1.54. The highest BCUT2D eigenvalue weighted by Gasteiger charge is 2.31. The van der Waals surface area contributed by atoms with Crippen LogP contribution in [0.1, 0.15) is 52.5 Å². The second-order valence-electron chi connectivity index (χ2n) is 11.1. The van der Waals surface area contributed by atoms with Crippen LogP contribution in [0.25, 0.3) is 0 Å². The van der Waals surface area contributed by atoms with Gasteiger partial charge in [0, 0.05) is 6.42 Å². The lowest BCUT2D eigenvalue weighted by molar-refractivity contribution is -0.143. The third-order valence-corrected chi connectivity index (χ3v) is 6.57. The van der Waals surface area contributed by atoms with Gasteiger partial charge in [0.1, 0.15) is 30.2 Å². The SMILES string of the molecule is CC(C)C[C@H](NC(=O)[C@H](Cc1ccccc1)NC(=O)[C@H](C)NC(=O)[C@H](C)NC(=O)[C@H](CC(=O)O)NC(=O)[C@@H](N)CCN)C(=O)O. The Hall–Kier alpha value is -4.57. The fourth-order valence-corrected chi connectivity index (χ4v) is 4.08. The number of benzene rings is 1. The monoisotopic (exact) mass is 635 g/mol. The first-order chi connectivity index (χ1) is 21.0. The average molecular weight is 636 g/mol. The number of nitrogens with one attached hydrogen (secondary N) is 5. The number of carboxylic acid groups (broad SMARTS) is 2. The predicted molar refractivity (Wildman–Crippen MR) is 162 cm³/mol. The van der Waals surface area contributed by atoms with E-state index in [0.717, 1.165) is 0 Å². The number of amides is 5. The van der Waals surface area contributed by atoms with E-state index < -0.39 is 84.1 Å². The van der Waals surface area contributed by atoms with Crippen molar-refractivity contribution >= 4 is 41.5 Å². The van der Waals surface area contributed by atoms with Crippen molar-refractivity contribution in [2.75, 3.05) is 6.54 Å². The zero-order valence-electron chi connectivity index (χ0n) is 25.9. The molecular weight excluding hydrogens is 590 g/mol. The molecule has 0 aliphatic carbocycles. The summed E-state index contributed by atoms with van der Waals surface area (Å²) in [6.07, 6.45) is -0.491. The van der Waals surface area contributed by atoms with Crippen molar-refractivity contribution < 1.29 is 43.8 Å². The summed E-state index contributed by atoms with van der Waals surface area (Å²) in [5, 5.41) is 30.7. The molecular formula is C29H45N7O9. The van der Waals surface area contributed by atoms with E-state index in [-0.39, 0.29) is 31.7 Å². The molecule has 16 nitrogen and oxygen atoms in total.